The SMILES string of the molecule is Cc1cc(S(=O)(=O)C2(c3ccc(C(F)(C(F)(F)F)C(F)(F)F)cc3)CCN(C(=O)C3(O)CCC(C(=O)O)CC3)C2)ccc1F. The Hall–Kier alpha value is -3.27. The Morgan fingerprint density at radius 1 is 0.909 bits per heavy atom. The molecular weight excluding hydrogens is 630 g/mol. The van der Waals surface area contributed by atoms with Crippen molar-refractivity contribution in [3.63, 3.8) is 0 Å². The fourth-order valence-corrected chi connectivity index (χ4v) is 8.08. The van der Waals surface area contributed by atoms with Crippen LogP contribution in [0.15, 0.2) is 47.4 Å². The average molecular weight is 658 g/mol. The molecule has 2 aliphatic rings. The van der Waals surface area contributed by atoms with E-state index in [1.165, 1.54) is 6.92 Å². The van der Waals surface area contributed by atoms with Gasteiger partial charge in [0.05, 0.1) is 10.8 Å². The Balaban J connectivity index is 1.79. The van der Waals surface area contributed by atoms with E-state index in [1.807, 2.05) is 0 Å². The first-order valence-corrected chi connectivity index (χ1v) is 14.8. The van der Waals surface area contributed by atoms with E-state index in [2.05, 4.69) is 0 Å². The number of carbonyl (C=O) groups is 2. The normalized spacial score (nSPS) is 25.2. The highest BCUT2D eigenvalue weighted by molar-refractivity contribution is 7.92. The molecule has 2 aromatic carbocycles. The van der Waals surface area contributed by atoms with Crippen molar-refractivity contribution in [1.29, 1.82) is 0 Å². The number of amides is 1. The summed E-state index contributed by atoms with van der Waals surface area (Å²) in [6, 6.07) is 4.31. The summed E-state index contributed by atoms with van der Waals surface area (Å²) >= 11 is 0. The molecular formula is C28H27F8NO6S. The molecule has 4 rings (SSSR count). The minimum Gasteiger partial charge on any atom is -0.481 e. The summed E-state index contributed by atoms with van der Waals surface area (Å²) in [5, 5.41) is 20.3. The van der Waals surface area contributed by atoms with Crippen LogP contribution in [0.2, 0.25) is 0 Å². The maximum Gasteiger partial charge on any atom is 0.435 e. The van der Waals surface area contributed by atoms with Crippen LogP contribution in [0, 0.1) is 18.7 Å². The van der Waals surface area contributed by atoms with Gasteiger partial charge in [-0.3, -0.25) is 9.59 Å². The lowest BCUT2D eigenvalue weighted by molar-refractivity contribution is -0.348. The molecule has 0 bridgehead atoms. The zero-order chi connectivity index (χ0) is 33.1. The third kappa shape index (κ3) is 5.33. The molecule has 1 heterocycles. The van der Waals surface area contributed by atoms with E-state index in [0.717, 1.165) is 23.1 Å². The van der Waals surface area contributed by atoms with Crippen molar-refractivity contribution >= 4 is 21.7 Å². The summed E-state index contributed by atoms with van der Waals surface area (Å²) in [6.07, 6.45) is -13.9. The number of benzene rings is 2. The first kappa shape index (κ1) is 33.6. The lowest BCUT2D eigenvalue weighted by Gasteiger charge is -2.37. The van der Waals surface area contributed by atoms with Crippen LogP contribution in [0.4, 0.5) is 35.1 Å². The monoisotopic (exact) mass is 657 g/mol. The van der Waals surface area contributed by atoms with Gasteiger partial charge >= 0.3 is 24.0 Å². The quantitative estimate of drug-likeness (QED) is 0.321. The minimum atomic E-state index is -6.41. The summed E-state index contributed by atoms with van der Waals surface area (Å²) in [5.41, 5.74) is -10.1. The number of halogens is 8. The van der Waals surface area contributed by atoms with Crippen LogP contribution in [0.5, 0.6) is 0 Å². The number of carbonyl (C=O) groups excluding carboxylic acids is 1. The first-order valence-electron chi connectivity index (χ1n) is 13.3. The third-order valence-corrected chi connectivity index (χ3v) is 11.1. The number of alkyl halides is 7. The number of hydrogen-bond donors (Lipinski definition) is 2. The van der Waals surface area contributed by atoms with Crippen molar-refractivity contribution in [2.45, 2.75) is 72.3 Å². The summed E-state index contributed by atoms with van der Waals surface area (Å²) in [6.45, 7) is 0.217. The fourth-order valence-electron chi connectivity index (χ4n) is 5.92. The minimum absolute atomic E-state index is 0.0471. The van der Waals surface area contributed by atoms with Crippen molar-refractivity contribution < 1.29 is 63.3 Å². The Bertz CT molecular complexity index is 1540. The predicted molar refractivity (Wildman–Crippen MR) is 137 cm³/mol. The van der Waals surface area contributed by atoms with Gasteiger partial charge in [-0.1, -0.05) is 24.3 Å². The van der Waals surface area contributed by atoms with Gasteiger partial charge in [-0.05, 0) is 68.4 Å². The molecule has 1 saturated heterocycles. The van der Waals surface area contributed by atoms with E-state index in [0.29, 0.717) is 12.1 Å². The molecule has 44 heavy (non-hydrogen) atoms. The van der Waals surface area contributed by atoms with E-state index in [4.69, 9.17) is 0 Å². The molecule has 0 spiro atoms. The Morgan fingerprint density at radius 3 is 1.93 bits per heavy atom. The lowest BCUT2D eigenvalue weighted by Crippen LogP contribution is -2.52. The highest BCUT2D eigenvalue weighted by atomic mass is 32.2. The molecule has 0 aromatic heterocycles. The van der Waals surface area contributed by atoms with Gasteiger partial charge in [-0.25, -0.2) is 17.2 Å². The van der Waals surface area contributed by atoms with Gasteiger partial charge in [0, 0.05) is 18.7 Å². The number of carboxylic acid groups (broad SMARTS) is 1. The standard InChI is InChI=1S/C28H27F8NO6S/c1-16-14-20(6-7-21(16)29)44(42,43)25(18-2-4-19(5-3-18)26(30,27(31,32)33)28(34,35)36)12-13-37(15-25)23(40)24(41)10-8-17(9-11-24)22(38)39/h2-7,14,17,41H,8-13,15H2,1H3,(H,38,39). The van der Waals surface area contributed by atoms with Crippen LogP contribution in [-0.2, 0) is 29.8 Å². The number of aliphatic carboxylic acids is 1. The number of aliphatic hydroxyl groups is 1. The number of carboxylic acids is 1. The van der Waals surface area contributed by atoms with Crippen LogP contribution in [0.1, 0.15) is 48.8 Å². The number of nitrogens with zero attached hydrogens (tertiary/aromatic N) is 1. The molecule has 2 fully saturated rings. The van der Waals surface area contributed by atoms with Gasteiger partial charge in [0.2, 0.25) is 0 Å². The lowest BCUT2D eigenvalue weighted by atomic mass is 9.78. The molecule has 1 aliphatic heterocycles. The molecule has 242 valence electrons. The second kappa shape index (κ2) is 11.0. The molecule has 1 aliphatic carbocycles. The molecule has 2 aromatic rings. The number of hydrogen-bond acceptors (Lipinski definition) is 5. The van der Waals surface area contributed by atoms with E-state index < -0.39 is 85.2 Å². The highest BCUT2D eigenvalue weighted by Gasteiger charge is 2.73. The number of likely N-dealkylation sites (tertiary alicyclic amines) is 1. The molecule has 7 nitrogen and oxygen atoms in total. The summed E-state index contributed by atoms with van der Waals surface area (Å²) in [5.74, 6) is -3.61. The van der Waals surface area contributed by atoms with Gasteiger partial charge in [0.15, 0.2) is 9.84 Å². The van der Waals surface area contributed by atoms with Crippen molar-refractivity contribution in [2.75, 3.05) is 13.1 Å². The number of rotatable bonds is 6. The van der Waals surface area contributed by atoms with E-state index in [1.54, 1.807) is 0 Å². The van der Waals surface area contributed by atoms with Gasteiger partial charge in [0.25, 0.3) is 5.91 Å². The fraction of sp³-hybridized carbons (Fsp3) is 0.500. The van der Waals surface area contributed by atoms with Crippen LogP contribution in [0.3, 0.4) is 0 Å². The highest BCUT2D eigenvalue weighted by Crippen LogP contribution is 2.54. The van der Waals surface area contributed by atoms with E-state index in [-0.39, 0.29) is 55.5 Å². The van der Waals surface area contributed by atoms with Crippen LogP contribution in [-0.4, -0.2) is 66.5 Å². The molecule has 2 N–H and O–H groups in total. The van der Waals surface area contributed by atoms with E-state index >= 15 is 0 Å². The molecule has 16 heteroatoms. The van der Waals surface area contributed by atoms with Crippen LogP contribution < -0.4 is 0 Å². The number of aryl methyl sites for hydroxylation is 1. The Labute approximate surface area is 246 Å². The zero-order valence-electron chi connectivity index (χ0n) is 23.0. The van der Waals surface area contributed by atoms with Crippen molar-refractivity contribution in [2.24, 2.45) is 5.92 Å². The van der Waals surface area contributed by atoms with Gasteiger partial charge < -0.3 is 15.1 Å². The predicted octanol–water partition coefficient (Wildman–Crippen LogP) is 5.33. The van der Waals surface area contributed by atoms with Crippen molar-refractivity contribution in [3.8, 4) is 0 Å². The molecule has 1 unspecified atom stereocenters. The molecule has 1 saturated carbocycles. The molecule has 0 radical (unpaired) electrons. The number of sulfone groups is 1. The largest absolute Gasteiger partial charge is 0.481 e. The van der Waals surface area contributed by atoms with Crippen LogP contribution >= 0.6 is 0 Å². The molecule has 1 atom stereocenters. The van der Waals surface area contributed by atoms with Gasteiger partial charge in [0.1, 0.15) is 16.2 Å². The second-order valence-corrected chi connectivity index (χ2v) is 13.5. The summed E-state index contributed by atoms with van der Waals surface area (Å²) in [4.78, 5) is 25.3. The summed E-state index contributed by atoms with van der Waals surface area (Å²) in [7, 11) is -4.69. The first-order chi connectivity index (χ1) is 20.1. The Kier molecular flexibility index (Phi) is 8.38. The maximum absolute atomic E-state index is 14.7. The Morgan fingerprint density at radius 2 is 1.45 bits per heavy atom. The van der Waals surface area contributed by atoms with E-state index in [9.17, 15) is 63.3 Å². The van der Waals surface area contributed by atoms with Crippen molar-refractivity contribution in [1.82, 2.24) is 4.90 Å². The second-order valence-electron chi connectivity index (χ2n) is 11.3. The van der Waals surface area contributed by atoms with Crippen molar-refractivity contribution in [3.05, 3.63) is 65.0 Å². The molecule has 1 amide bonds. The summed E-state index contributed by atoms with van der Waals surface area (Å²) < 4.78 is 135. The zero-order valence-corrected chi connectivity index (χ0v) is 23.8. The maximum atomic E-state index is 14.7. The average Bonchev–Trinajstić information content (AvgIpc) is 3.40. The van der Waals surface area contributed by atoms with Crippen LogP contribution in [0.25, 0.3) is 0 Å². The third-order valence-electron chi connectivity index (χ3n) is 8.62. The smallest absolute Gasteiger partial charge is 0.435 e. The van der Waals surface area contributed by atoms with Gasteiger partial charge in [-0.2, -0.15) is 26.3 Å². The van der Waals surface area contributed by atoms with Gasteiger partial charge in [-0.15, -0.1) is 0 Å². The topological polar surface area (TPSA) is 112 Å².